The molecule has 2 heterocycles. The molecule has 8 nitrogen and oxygen atoms in total. The van der Waals surface area contributed by atoms with Crippen molar-refractivity contribution >= 4 is 19.9 Å². The molecule has 0 aromatic carbocycles. The van der Waals surface area contributed by atoms with E-state index in [1.807, 2.05) is 0 Å². The molecular formula is C10H18N4O4S2. The van der Waals surface area contributed by atoms with Gasteiger partial charge in [-0.05, 0) is 6.42 Å². The molecule has 1 aromatic heterocycles. The van der Waals surface area contributed by atoms with Crippen LogP contribution in [0.15, 0.2) is 17.3 Å². The van der Waals surface area contributed by atoms with E-state index in [1.54, 1.807) is 0 Å². The average molecular weight is 322 g/mol. The fourth-order valence-corrected chi connectivity index (χ4v) is 4.86. The van der Waals surface area contributed by atoms with Crippen LogP contribution in [0.3, 0.4) is 0 Å². The van der Waals surface area contributed by atoms with Crippen molar-refractivity contribution in [3.8, 4) is 0 Å². The molecule has 114 valence electrons. The predicted molar refractivity (Wildman–Crippen MR) is 73.3 cm³/mol. The number of rotatable bonds is 4. The summed E-state index contributed by atoms with van der Waals surface area (Å²) < 4.78 is 50.5. The van der Waals surface area contributed by atoms with Crippen LogP contribution in [-0.2, 0) is 26.4 Å². The van der Waals surface area contributed by atoms with E-state index < -0.39 is 19.9 Å². The van der Waals surface area contributed by atoms with Gasteiger partial charge in [0, 0.05) is 25.8 Å². The van der Waals surface area contributed by atoms with E-state index in [-0.39, 0.29) is 29.5 Å². The Labute approximate surface area is 118 Å². The van der Waals surface area contributed by atoms with Gasteiger partial charge in [0.15, 0.2) is 9.84 Å². The maximum Gasteiger partial charge on any atom is 0.246 e. The third kappa shape index (κ3) is 3.37. The first kappa shape index (κ1) is 15.4. The van der Waals surface area contributed by atoms with Gasteiger partial charge in [-0.2, -0.15) is 9.40 Å². The molecular weight excluding hydrogens is 304 g/mol. The Morgan fingerprint density at radius 1 is 1.30 bits per heavy atom. The Hall–Kier alpha value is -0.970. The third-order valence-electron chi connectivity index (χ3n) is 3.12. The maximum absolute atomic E-state index is 12.4. The van der Waals surface area contributed by atoms with E-state index in [0.717, 1.165) is 0 Å². The van der Waals surface area contributed by atoms with Crippen LogP contribution in [0.4, 0.5) is 0 Å². The Morgan fingerprint density at radius 3 is 2.75 bits per heavy atom. The number of nitrogens with zero attached hydrogens (tertiary/aromatic N) is 3. The van der Waals surface area contributed by atoms with Crippen molar-refractivity contribution in [3.05, 3.63) is 12.4 Å². The first-order valence-electron chi connectivity index (χ1n) is 6.28. The average Bonchev–Trinajstić information content (AvgIpc) is 2.75. The highest BCUT2D eigenvalue weighted by molar-refractivity contribution is 7.91. The second kappa shape index (κ2) is 5.80. The fraction of sp³-hybridized carbons (Fsp3) is 0.700. The number of hydrogen-bond donors (Lipinski definition) is 1. The van der Waals surface area contributed by atoms with E-state index in [4.69, 9.17) is 5.73 Å². The van der Waals surface area contributed by atoms with Gasteiger partial charge in [0.25, 0.3) is 0 Å². The number of nitrogens with two attached hydrogens (primary N) is 1. The van der Waals surface area contributed by atoms with Crippen LogP contribution in [0.1, 0.15) is 6.42 Å². The van der Waals surface area contributed by atoms with Crippen LogP contribution in [0, 0.1) is 0 Å². The maximum atomic E-state index is 12.4. The third-order valence-corrected chi connectivity index (χ3v) is 6.69. The van der Waals surface area contributed by atoms with Gasteiger partial charge < -0.3 is 5.73 Å². The molecule has 20 heavy (non-hydrogen) atoms. The molecule has 0 radical (unpaired) electrons. The molecule has 0 saturated carbocycles. The summed E-state index contributed by atoms with van der Waals surface area (Å²) in [6.07, 6.45) is 3.00. The second-order valence-corrected chi connectivity index (χ2v) is 8.88. The molecule has 0 amide bonds. The van der Waals surface area contributed by atoms with Gasteiger partial charge >= 0.3 is 0 Å². The molecule has 1 aliphatic rings. The van der Waals surface area contributed by atoms with Crippen molar-refractivity contribution in [3.63, 3.8) is 0 Å². The van der Waals surface area contributed by atoms with E-state index in [0.29, 0.717) is 19.5 Å². The Kier molecular flexibility index (Phi) is 4.47. The van der Waals surface area contributed by atoms with Crippen LogP contribution in [-0.4, -0.2) is 62.1 Å². The molecule has 10 heteroatoms. The van der Waals surface area contributed by atoms with Crippen molar-refractivity contribution in [2.45, 2.75) is 17.9 Å². The van der Waals surface area contributed by atoms with E-state index in [2.05, 4.69) is 5.10 Å². The summed E-state index contributed by atoms with van der Waals surface area (Å²) in [4.78, 5) is 0.0743. The van der Waals surface area contributed by atoms with Gasteiger partial charge in [0.05, 0.1) is 24.2 Å². The van der Waals surface area contributed by atoms with Crippen LogP contribution in [0.2, 0.25) is 0 Å². The first-order valence-corrected chi connectivity index (χ1v) is 9.54. The Bertz CT molecular complexity index is 665. The molecule has 1 saturated heterocycles. The summed E-state index contributed by atoms with van der Waals surface area (Å²) in [6.45, 7) is 1.00. The summed E-state index contributed by atoms with van der Waals surface area (Å²) in [7, 11) is -6.83. The molecule has 1 aromatic rings. The standard InChI is InChI=1S/C10H18N4O4S2/c11-2-4-13-9-10(8-12-13)20(17,18)14-3-1-6-19(15,16)7-5-14/h8-9H,1-7,11H2. The quantitative estimate of drug-likeness (QED) is 0.733. The number of sulfonamides is 1. The summed E-state index contributed by atoms with van der Waals surface area (Å²) in [5.41, 5.74) is 5.38. The lowest BCUT2D eigenvalue weighted by Gasteiger charge is -2.17. The normalized spacial score (nSPS) is 20.6. The van der Waals surface area contributed by atoms with Gasteiger partial charge in [0.2, 0.25) is 10.0 Å². The van der Waals surface area contributed by atoms with E-state index in [1.165, 1.54) is 21.4 Å². The highest BCUT2D eigenvalue weighted by Crippen LogP contribution is 2.17. The predicted octanol–water partition coefficient (Wildman–Crippen LogP) is -1.35. The summed E-state index contributed by atoms with van der Waals surface area (Å²) in [5.74, 6) is -0.103. The molecule has 0 aliphatic carbocycles. The number of hydrogen-bond acceptors (Lipinski definition) is 6. The van der Waals surface area contributed by atoms with Gasteiger partial charge in [-0.15, -0.1) is 0 Å². The lowest BCUT2D eigenvalue weighted by atomic mass is 10.5. The van der Waals surface area contributed by atoms with Crippen LogP contribution >= 0.6 is 0 Å². The molecule has 2 rings (SSSR count). The van der Waals surface area contributed by atoms with Crippen molar-refractivity contribution in [1.82, 2.24) is 14.1 Å². The topological polar surface area (TPSA) is 115 Å². The molecule has 0 atom stereocenters. The molecule has 1 fully saturated rings. The van der Waals surface area contributed by atoms with Gasteiger partial charge in [-0.3, -0.25) is 4.68 Å². The highest BCUT2D eigenvalue weighted by Gasteiger charge is 2.29. The smallest absolute Gasteiger partial charge is 0.246 e. The summed E-state index contributed by atoms with van der Waals surface area (Å²) >= 11 is 0. The van der Waals surface area contributed by atoms with Crippen LogP contribution in [0.25, 0.3) is 0 Å². The zero-order valence-electron chi connectivity index (χ0n) is 11.0. The molecule has 0 bridgehead atoms. The number of aromatic nitrogens is 2. The zero-order valence-corrected chi connectivity index (χ0v) is 12.6. The van der Waals surface area contributed by atoms with Crippen molar-refractivity contribution in [2.24, 2.45) is 5.73 Å². The SMILES string of the molecule is NCCn1cc(S(=O)(=O)N2CCCS(=O)(=O)CC2)cn1. The van der Waals surface area contributed by atoms with Crippen molar-refractivity contribution in [1.29, 1.82) is 0 Å². The lowest BCUT2D eigenvalue weighted by Crippen LogP contribution is -2.33. The minimum Gasteiger partial charge on any atom is -0.329 e. The monoisotopic (exact) mass is 322 g/mol. The molecule has 0 spiro atoms. The molecule has 0 unspecified atom stereocenters. The number of sulfone groups is 1. The van der Waals surface area contributed by atoms with E-state index >= 15 is 0 Å². The van der Waals surface area contributed by atoms with Crippen LogP contribution in [0.5, 0.6) is 0 Å². The van der Waals surface area contributed by atoms with Gasteiger partial charge in [-0.1, -0.05) is 0 Å². The molecule has 1 aliphatic heterocycles. The molecule has 2 N–H and O–H groups in total. The Morgan fingerprint density at radius 2 is 2.05 bits per heavy atom. The minimum absolute atomic E-state index is 0.00721. The second-order valence-electron chi connectivity index (χ2n) is 4.64. The van der Waals surface area contributed by atoms with E-state index in [9.17, 15) is 16.8 Å². The van der Waals surface area contributed by atoms with Crippen LogP contribution < -0.4 is 5.73 Å². The summed E-state index contributed by atoms with van der Waals surface area (Å²) in [5, 5.41) is 3.93. The lowest BCUT2D eigenvalue weighted by molar-refractivity contribution is 0.434. The van der Waals surface area contributed by atoms with Gasteiger partial charge in [0.1, 0.15) is 4.90 Å². The van der Waals surface area contributed by atoms with Gasteiger partial charge in [-0.25, -0.2) is 16.8 Å². The zero-order chi connectivity index (χ0) is 14.8. The van der Waals surface area contributed by atoms with Crippen molar-refractivity contribution in [2.75, 3.05) is 31.1 Å². The minimum atomic E-state index is -3.69. The van der Waals surface area contributed by atoms with Crippen molar-refractivity contribution < 1.29 is 16.8 Å². The summed E-state index contributed by atoms with van der Waals surface area (Å²) in [6, 6.07) is 0. The fourth-order valence-electron chi connectivity index (χ4n) is 2.04. The first-order chi connectivity index (χ1) is 9.35. The Balaban J connectivity index is 2.20. The highest BCUT2D eigenvalue weighted by atomic mass is 32.2. The largest absolute Gasteiger partial charge is 0.329 e.